The van der Waals surface area contributed by atoms with Gasteiger partial charge in [0, 0.05) is 22.8 Å². The van der Waals surface area contributed by atoms with Crippen LogP contribution in [0.1, 0.15) is 22.8 Å². The van der Waals surface area contributed by atoms with E-state index in [2.05, 4.69) is 32.1 Å². The molecule has 13 heteroatoms. The van der Waals surface area contributed by atoms with Crippen molar-refractivity contribution in [1.82, 2.24) is 19.9 Å². The zero-order valence-corrected chi connectivity index (χ0v) is 46.0. The van der Waals surface area contributed by atoms with Crippen LogP contribution in [0, 0.1) is 27.7 Å². The number of rotatable bonds is 2. The van der Waals surface area contributed by atoms with E-state index in [1.54, 1.807) is 36.4 Å². The van der Waals surface area contributed by atoms with Gasteiger partial charge in [-0.1, -0.05) is 224 Å². The maximum atomic E-state index is 13.4. The molecule has 0 aliphatic carbocycles. The van der Waals surface area contributed by atoms with E-state index in [9.17, 15) is 30.0 Å². The maximum Gasteiger partial charge on any atom is 3.00 e. The quantitative estimate of drug-likeness (QED) is 0.154. The topological polar surface area (TPSA) is 190 Å². The molecule has 8 aromatic carbocycles. The fourth-order valence-corrected chi connectivity index (χ4v) is 11.2. The van der Waals surface area contributed by atoms with Gasteiger partial charge in [-0.15, -0.1) is 0 Å². The molecule has 0 fully saturated rings. The van der Waals surface area contributed by atoms with Gasteiger partial charge in [0.15, 0.2) is 0 Å². The van der Waals surface area contributed by atoms with E-state index in [0.29, 0.717) is 32.4 Å². The molecule has 0 atom stereocenters. The number of benzene rings is 8. The van der Waals surface area contributed by atoms with Crippen molar-refractivity contribution < 1.29 is 30.0 Å². The van der Waals surface area contributed by atoms with Crippen molar-refractivity contribution in [3.8, 4) is 56.4 Å². The van der Waals surface area contributed by atoms with E-state index < -0.39 is 8.56 Å². The van der Waals surface area contributed by atoms with Gasteiger partial charge in [-0.25, -0.2) is 0 Å². The molecule has 0 radical (unpaired) electrons. The van der Waals surface area contributed by atoms with Crippen molar-refractivity contribution in [2.24, 2.45) is 0 Å². The first-order valence-corrected chi connectivity index (χ1v) is 26.0. The first kappa shape index (κ1) is 56.5. The molecule has 5 heterocycles. The number of fused-ring (bicyclic) bond motifs is 7. The van der Waals surface area contributed by atoms with Crippen LogP contribution in [0.2, 0.25) is 0 Å². The second-order valence-electron chi connectivity index (χ2n) is 18.0. The summed E-state index contributed by atoms with van der Waals surface area (Å²) < 4.78 is 0. The molecule has 13 rings (SSSR count). The summed E-state index contributed by atoms with van der Waals surface area (Å²) in [5, 5.41) is 49.6. The molecule has 12 aromatic rings. The molecule has 0 spiro atoms. The predicted molar refractivity (Wildman–Crippen MR) is 303 cm³/mol. The van der Waals surface area contributed by atoms with Crippen molar-refractivity contribution in [2.75, 3.05) is 0 Å². The van der Waals surface area contributed by atoms with Gasteiger partial charge in [0.1, 0.15) is 0 Å². The van der Waals surface area contributed by atoms with Gasteiger partial charge in [-0.05, 0) is 119 Å². The van der Waals surface area contributed by atoms with Gasteiger partial charge in [-0.2, -0.15) is 0 Å². The Morgan fingerprint density at radius 3 is 1.00 bits per heavy atom. The Hall–Kier alpha value is -8.20. The zero-order chi connectivity index (χ0) is 52.6. The minimum atomic E-state index is -4.23. The number of aromatic nitrogens is 4. The first-order valence-electron chi connectivity index (χ1n) is 24.2. The SMILES string of the molecule is Cc1ccc2cccc([O-])c2n1.Cc1ccc2cccc([O-])c2n1.Cc1ccc2cccc([O-])c2n1.Cc1ccc2cccc([O-])c2n1.[Al+3].[Al+3].[O-][Si]1([O-])c2ccccc2-c2cc(-c3ccccc3)cc(-c3ccccc3)c21. The Bertz CT molecular complexity index is 3670. The molecule has 77 heavy (non-hydrogen) atoms. The van der Waals surface area contributed by atoms with Crippen LogP contribution in [0.4, 0.5) is 0 Å². The number of pyridine rings is 4. The summed E-state index contributed by atoms with van der Waals surface area (Å²) in [6.07, 6.45) is 0. The van der Waals surface area contributed by atoms with Gasteiger partial charge >= 0.3 is 34.7 Å². The van der Waals surface area contributed by atoms with Crippen LogP contribution in [-0.4, -0.2) is 63.2 Å². The Morgan fingerprint density at radius 1 is 0.299 bits per heavy atom. The Kier molecular flexibility index (Phi) is 18.4. The summed E-state index contributed by atoms with van der Waals surface area (Å²) in [5.74, 6) is -0.0141. The molecule has 0 N–H and O–H groups in total. The minimum Gasteiger partial charge on any atom is -0.871 e. The third-order valence-corrected chi connectivity index (χ3v) is 14.9. The summed E-state index contributed by atoms with van der Waals surface area (Å²) in [5.41, 5.74) is 11.2. The fourth-order valence-electron chi connectivity index (χ4n) is 8.86. The first-order chi connectivity index (χ1) is 36.2. The van der Waals surface area contributed by atoms with E-state index in [4.69, 9.17) is 0 Å². The predicted octanol–water partition coefficient (Wildman–Crippen LogP) is 7.98. The normalized spacial score (nSPS) is 11.4. The second-order valence-corrected chi connectivity index (χ2v) is 20.2. The van der Waals surface area contributed by atoms with E-state index in [1.807, 2.05) is 173 Å². The van der Waals surface area contributed by atoms with Gasteiger partial charge < -0.3 is 30.0 Å². The Balaban J connectivity index is 0.000000147. The van der Waals surface area contributed by atoms with Gasteiger partial charge in [0.25, 0.3) is 0 Å². The smallest absolute Gasteiger partial charge is 0.871 e. The molecular formula is C64H48Al2N4O6Si. The number of hydrogen-bond donors (Lipinski definition) is 0. The molecule has 0 bridgehead atoms. The standard InChI is InChI=1S/C24H16O2Si.4C10H9NO.2Al/c25-27(26)23-14-8-7-13-20(23)22-16-19(17-9-3-1-4-10-17)15-21(24(22)27)18-11-5-2-6-12-18;4*1-7-5-6-8-3-2-4-9(12)10(8)11-7;;/h1-16H;4*2-6,12H,1H3;;/q-2;;;;;2*+3/p-4. The Morgan fingerprint density at radius 2 is 0.623 bits per heavy atom. The molecule has 1 aliphatic heterocycles. The van der Waals surface area contributed by atoms with Crippen LogP contribution in [0.15, 0.2) is 218 Å². The van der Waals surface area contributed by atoms with Crippen molar-refractivity contribution in [3.63, 3.8) is 0 Å². The summed E-state index contributed by atoms with van der Waals surface area (Å²) in [4.78, 5) is 43.4. The van der Waals surface area contributed by atoms with E-state index in [1.165, 1.54) is 24.3 Å². The third kappa shape index (κ3) is 12.9. The number of nitrogens with zero attached hydrogens (tertiary/aromatic N) is 4. The molecule has 0 unspecified atom stereocenters. The van der Waals surface area contributed by atoms with Crippen molar-refractivity contribution in [1.29, 1.82) is 0 Å². The third-order valence-electron chi connectivity index (χ3n) is 12.5. The van der Waals surface area contributed by atoms with Crippen LogP contribution in [-0.2, 0) is 0 Å². The van der Waals surface area contributed by atoms with Gasteiger partial charge in [0.05, 0.1) is 22.1 Å². The van der Waals surface area contributed by atoms with Crippen LogP contribution < -0.4 is 40.4 Å². The van der Waals surface area contributed by atoms with Crippen molar-refractivity contribution >= 4 is 97.3 Å². The summed E-state index contributed by atoms with van der Waals surface area (Å²) in [6.45, 7) is 7.52. The van der Waals surface area contributed by atoms with Crippen molar-refractivity contribution in [2.45, 2.75) is 27.7 Å². The van der Waals surface area contributed by atoms with Crippen LogP contribution >= 0.6 is 0 Å². The van der Waals surface area contributed by atoms with Gasteiger partial charge in [0.2, 0.25) is 0 Å². The fraction of sp³-hybridized carbons (Fsp3) is 0.0625. The molecule has 370 valence electrons. The molecule has 4 aromatic heterocycles. The van der Waals surface area contributed by atoms with Gasteiger partial charge in [-0.3, -0.25) is 19.9 Å². The Labute approximate surface area is 469 Å². The summed E-state index contributed by atoms with van der Waals surface area (Å²) in [7, 11) is -4.23. The molecule has 0 amide bonds. The monoisotopic (exact) mass is 1050 g/mol. The largest absolute Gasteiger partial charge is 3.00 e. The van der Waals surface area contributed by atoms with E-state index in [-0.39, 0.29) is 57.7 Å². The number of hydrogen-bond acceptors (Lipinski definition) is 10. The summed E-state index contributed by atoms with van der Waals surface area (Å²) in [6, 6.07) is 67.2. The summed E-state index contributed by atoms with van der Waals surface area (Å²) >= 11 is 0. The average Bonchev–Trinajstić information content (AvgIpc) is 3.78. The minimum absolute atomic E-state index is 0. The van der Waals surface area contributed by atoms with Crippen LogP contribution in [0.5, 0.6) is 23.0 Å². The molecule has 0 saturated carbocycles. The molecular weight excluding hydrogens is 1000 g/mol. The molecule has 10 nitrogen and oxygen atoms in total. The maximum absolute atomic E-state index is 13.4. The second kappa shape index (κ2) is 25.1. The number of para-hydroxylation sites is 4. The molecule has 1 aliphatic rings. The average molecular weight is 1050 g/mol. The number of aryl methyl sites for hydroxylation is 4. The van der Waals surface area contributed by atoms with Crippen LogP contribution in [0.25, 0.3) is 77.0 Å². The van der Waals surface area contributed by atoms with Crippen LogP contribution in [0.3, 0.4) is 0 Å². The zero-order valence-electron chi connectivity index (χ0n) is 42.7. The van der Waals surface area contributed by atoms with Crippen molar-refractivity contribution in [3.05, 3.63) is 241 Å². The molecule has 0 saturated heterocycles. The van der Waals surface area contributed by atoms with E-state index in [0.717, 1.165) is 77.7 Å². The van der Waals surface area contributed by atoms with E-state index >= 15 is 0 Å².